The van der Waals surface area contributed by atoms with Crippen molar-refractivity contribution in [2.45, 2.75) is 0 Å². The van der Waals surface area contributed by atoms with Crippen LogP contribution in [0.15, 0.2) is 54.9 Å². The molecule has 0 radical (unpaired) electrons. The number of rotatable bonds is 2. The maximum absolute atomic E-state index is 6.20. The summed E-state index contributed by atoms with van der Waals surface area (Å²) in [6, 6.07) is 13.8. The third-order valence-corrected chi connectivity index (χ3v) is 3.48. The van der Waals surface area contributed by atoms with Gasteiger partial charge in [0.2, 0.25) is 0 Å². The number of halogens is 1. The van der Waals surface area contributed by atoms with E-state index in [0.29, 0.717) is 0 Å². The molecule has 0 N–H and O–H groups in total. The van der Waals surface area contributed by atoms with Crippen molar-refractivity contribution in [3.8, 4) is 16.9 Å². The normalized spacial score (nSPS) is 10.6. The van der Waals surface area contributed by atoms with Gasteiger partial charge < -0.3 is 4.74 Å². The van der Waals surface area contributed by atoms with Crippen molar-refractivity contribution in [1.29, 1.82) is 0 Å². The molecule has 1 aromatic heterocycles. The molecule has 0 amide bonds. The molecule has 3 aromatic rings. The highest BCUT2D eigenvalue weighted by Crippen LogP contribution is 2.31. The first-order chi connectivity index (χ1) is 9.29. The van der Waals surface area contributed by atoms with E-state index >= 15 is 0 Å². The molecule has 0 atom stereocenters. The van der Waals surface area contributed by atoms with Crippen molar-refractivity contribution >= 4 is 22.4 Å². The molecular weight excluding hydrogens is 258 g/mol. The Kier molecular flexibility index (Phi) is 3.10. The third-order valence-electron chi connectivity index (χ3n) is 3.15. The lowest BCUT2D eigenvalue weighted by Crippen LogP contribution is -1.86. The Bertz CT molecular complexity index is 722. The summed E-state index contributed by atoms with van der Waals surface area (Å²) < 4.78 is 5.17. The zero-order valence-corrected chi connectivity index (χ0v) is 11.2. The van der Waals surface area contributed by atoms with Crippen LogP contribution in [-0.4, -0.2) is 12.1 Å². The topological polar surface area (TPSA) is 22.1 Å². The van der Waals surface area contributed by atoms with Crippen LogP contribution in [0.2, 0.25) is 5.02 Å². The van der Waals surface area contributed by atoms with Gasteiger partial charge in [-0.3, -0.25) is 4.98 Å². The monoisotopic (exact) mass is 269 g/mol. The fraction of sp³-hybridized carbons (Fsp3) is 0.0625. The molecule has 0 aliphatic heterocycles. The molecule has 0 fully saturated rings. The molecule has 0 aliphatic carbocycles. The van der Waals surface area contributed by atoms with Gasteiger partial charge in [0.15, 0.2) is 0 Å². The zero-order chi connectivity index (χ0) is 13.2. The van der Waals surface area contributed by atoms with Gasteiger partial charge in [0.1, 0.15) is 5.75 Å². The SMILES string of the molecule is COc1ccc(-c2cncc3c(Cl)cccc23)cc1. The maximum Gasteiger partial charge on any atom is 0.118 e. The minimum atomic E-state index is 0.723. The number of methoxy groups -OCH3 is 1. The van der Waals surface area contributed by atoms with E-state index in [1.165, 1.54) is 0 Å². The molecule has 0 saturated carbocycles. The van der Waals surface area contributed by atoms with E-state index in [9.17, 15) is 0 Å². The van der Waals surface area contributed by atoms with Crippen LogP contribution >= 0.6 is 11.6 Å². The summed E-state index contributed by atoms with van der Waals surface area (Å²) in [5, 5.41) is 2.80. The minimum Gasteiger partial charge on any atom is -0.497 e. The molecule has 1 heterocycles. The summed E-state index contributed by atoms with van der Waals surface area (Å²) in [4.78, 5) is 4.28. The van der Waals surface area contributed by atoms with Crippen LogP contribution < -0.4 is 4.74 Å². The van der Waals surface area contributed by atoms with Crippen molar-refractivity contribution < 1.29 is 4.74 Å². The van der Waals surface area contributed by atoms with E-state index in [-0.39, 0.29) is 0 Å². The Morgan fingerprint density at radius 1 is 0.947 bits per heavy atom. The predicted octanol–water partition coefficient (Wildman–Crippen LogP) is 4.56. The molecule has 2 nitrogen and oxygen atoms in total. The van der Waals surface area contributed by atoms with Crippen molar-refractivity contribution in [2.75, 3.05) is 7.11 Å². The Labute approximate surface area is 116 Å². The summed E-state index contributed by atoms with van der Waals surface area (Å²) in [7, 11) is 1.66. The van der Waals surface area contributed by atoms with Gasteiger partial charge >= 0.3 is 0 Å². The molecule has 0 spiro atoms. The molecule has 3 heteroatoms. The van der Waals surface area contributed by atoms with Crippen molar-refractivity contribution in [3.05, 3.63) is 59.9 Å². The van der Waals surface area contributed by atoms with Crippen LogP contribution in [0.1, 0.15) is 0 Å². The molecule has 19 heavy (non-hydrogen) atoms. The third kappa shape index (κ3) is 2.15. The van der Waals surface area contributed by atoms with Gasteiger partial charge in [0.25, 0.3) is 0 Å². The molecule has 0 saturated heterocycles. The second kappa shape index (κ2) is 4.90. The number of ether oxygens (including phenoxy) is 1. The van der Waals surface area contributed by atoms with Gasteiger partial charge in [-0.15, -0.1) is 0 Å². The fourth-order valence-electron chi connectivity index (χ4n) is 2.16. The summed E-state index contributed by atoms with van der Waals surface area (Å²) in [6.45, 7) is 0. The largest absolute Gasteiger partial charge is 0.497 e. The lowest BCUT2D eigenvalue weighted by Gasteiger charge is -2.08. The number of hydrogen-bond acceptors (Lipinski definition) is 2. The van der Waals surface area contributed by atoms with Gasteiger partial charge in [-0.05, 0) is 29.1 Å². The lowest BCUT2D eigenvalue weighted by atomic mass is 10.0. The average molecular weight is 270 g/mol. The predicted molar refractivity (Wildman–Crippen MR) is 78.7 cm³/mol. The quantitative estimate of drug-likeness (QED) is 0.680. The first-order valence-corrected chi connectivity index (χ1v) is 6.34. The number of nitrogens with zero attached hydrogens (tertiary/aromatic N) is 1. The zero-order valence-electron chi connectivity index (χ0n) is 10.4. The number of aromatic nitrogens is 1. The molecule has 3 rings (SSSR count). The van der Waals surface area contributed by atoms with Crippen molar-refractivity contribution in [3.63, 3.8) is 0 Å². The Morgan fingerprint density at radius 2 is 1.74 bits per heavy atom. The van der Waals surface area contributed by atoms with Crippen LogP contribution in [0.25, 0.3) is 21.9 Å². The maximum atomic E-state index is 6.20. The summed E-state index contributed by atoms with van der Waals surface area (Å²) in [5.74, 6) is 0.843. The number of fused-ring (bicyclic) bond motifs is 1. The average Bonchev–Trinajstić information content (AvgIpc) is 2.47. The van der Waals surface area contributed by atoms with Crippen LogP contribution in [0.3, 0.4) is 0 Å². The number of pyridine rings is 1. The van der Waals surface area contributed by atoms with Crippen molar-refractivity contribution in [2.24, 2.45) is 0 Å². The molecular formula is C16H12ClNO. The summed E-state index contributed by atoms with van der Waals surface area (Å²) in [5.41, 5.74) is 2.17. The van der Waals surface area contributed by atoms with Crippen LogP contribution in [0, 0.1) is 0 Å². The van der Waals surface area contributed by atoms with Gasteiger partial charge in [-0.25, -0.2) is 0 Å². The van der Waals surface area contributed by atoms with E-state index in [1.807, 2.05) is 42.6 Å². The van der Waals surface area contributed by atoms with Gasteiger partial charge in [-0.2, -0.15) is 0 Å². The standard InChI is InChI=1S/C16H12ClNO/c1-19-12-7-5-11(6-8-12)14-9-18-10-15-13(14)3-2-4-16(15)17/h2-10H,1H3. The van der Waals surface area contributed by atoms with Crippen LogP contribution in [-0.2, 0) is 0 Å². The Morgan fingerprint density at radius 3 is 2.47 bits per heavy atom. The fourth-order valence-corrected chi connectivity index (χ4v) is 2.38. The van der Waals surface area contributed by atoms with Gasteiger partial charge in [-0.1, -0.05) is 35.9 Å². The second-order valence-corrected chi connectivity index (χ2v) is 4.66. The molecule has 0 bridgehead atoms. The lowest BCUT2D eigenvalue weighted by molar-refractivity contribution is 0.415. The highest BCUT2D eigenvalue weighted by Gasteiger charge is 2.06. The van der Waals surface area contributed by atoms with E-state index in [0.717, 1.165) is 32.7 Å². The highest BCUT2D eigenvalue weighted by atomic mass is 35.5. The molecule has 0 unspecified atom stereocenters. The molecule has 0 aliphatic rings. The number of benzene rings is 2. The first kappa shape index (κ1) is 12.0. The Hall–Kier alpha value is -2.06. The van der Waals surface area contributed by atoms with E-state index in [1.54, 1.807) is 13.3 Å². The van der Waals surface area contributed by atoms with E-state index in [4.69, 9.17) is 16.3 Å². The van der Waals surface area contributed by atoms with Crippen LogP contribution in [0.5, 0.6) is 5.75 Å². The Balaban J connectivity index is 2.21. The van der Waals surface area contributed by atoms with Gasteiger partial charge in [0, 0.05) is 28.4 Å². The van der Waals surface area contributed by atoms with Crippen LogP contribution in [0.4, 0.5) is 0 Å². The summed E-state index contributed by atoms with van der Waals surface area (Å²) >= 11 is 6.20. The highest BCUT2D eigenvalue weighted by molar-refractivity contribution is 6.35. The van der Waals surface area contributed by atoms with E-state index in [2.05, 4.69) is 11.1 Å². The summed E-state index contributed by atoms with van der Waals surface area (Å²) in [6.07, 6.45) is 3.66. The first-order valence-electron chi connectivity index (χ1n) is 5.96. The minimum absolute atomic E-state index is 0.723. The van der Waals surface area contributed by atoms with Gasteiger partial charge in [0.05, 0.1) is 7.11 Å². The smallest absolute Gasteiger partial charge is 0.118 e. The molecule has 94 valence electrons. The van der Waals surface area contributed by atoms with Crippen molar-refractivity contribution in [1.82, 2.24) is 4.98 Å². The second-order valence-electron chi connectivity index (χ2n) is 4.25. The number of hydrogen-bond donors (Lipinski definition) is 0. The van der Waals surface area contributed by atoms with E-state index < -0.39 is 0 Å². The molecule has 2 aromatic carbocycles.